The van der Waals surface area contributed by atoms with Crippen LogP contribution >= 0.6 is 12.4 Å². The van der Waals surface area contributed by atoms with Crippen LogP contribution in [0.25, 0.3) is 0 Å². The molecule has 146 valence electrons. The summed E-state index contributed by atoms with van der Waals surface area (Å²) in [5.41, 5.74) is 7.78. The third-order valence-electron chi connectivity index (χ3n) is 5.08. The molecular weight excluding hydrogens is 378 g/mol. The van der Waals surface area contributed by atoms with Gasteiger partial charge in [-0.05, 0) is 35.1 Å². The van der Waals surface area contributed by atoms with E-state index in [1.807, 2.05) is 13.8 Å². The summed E-state index contributed by atoms with van der Waals surface area (Å²) >= 11 is 0. The van der Waals surface area contributed by atoms with Gasteiger partial charge in [-0.25, -0.2) is 13.1 Å². The first-order valence-corrected chi connectivity index (χ1v) is 9.90. The monoisotopic (exact) mass is 403 g/mol. The Kier molecular flexibility index (Phi) is 6.35. The Balaban J connectivity index is 0.00000243. The molecule has 3 N–H and O–H groups in total. The maximum Gasteiger partial charge on any atom is 0.241 e. The molecule has 0 aromatic heterocycles. The van der Waals surface area contributed by atoms with Crippen molar-refractivity contribution >= 4 is 28.3 Å². The minimum atomic E-state index is -3.73. The molecule has 9 heteroatoms. The van der Waals surface area contributed by atoms with Gasteiger partial charge in [0.15, 0.2) is 0 Å². The fraction of sp³-hybridized carbons (Fsp3) is 0.588. The lowest BCUT2D eigenvalue weighted by atomic mass is 9.80. The zero-order valence-corrected chi connectivity index (χ0v) is 16.7. The number of amides is 1. The number of carbonyl (C=O) groups is 1. The second kappa shape index (κ2) is 7.82. The maximum absolute atomic E-state index is 12.5. The average Bonchev–Trinajstić information content (AvgIpc) is 3.02. The molecule has 0 aliphatic carbocycles. The van der Waals surface area contributed by atoms with Crippen molar-refractivity contribution in [3.05, 3.63) is 29.3 Å². The molecule has 1 aromatic rings. The number of nitrogens with zero attached hydrogens (tertiary/aromatic N) is 1. The molecule has 1 saturated heterocycles. The summed E-state index contributed by atoms with van der Waals surface area (Å²) in [5, 5.41) is 0. The van der Waals surface area contributed by atoms with Crippen molar-refractivity contribution < 1.29 is 17.9 Å². The normalized spacial score (nSPS) is 21.8. The lowest BCUT2D eigenvalue weighted by Crippen LogP contribution is -2.55. The van der Waals surface area contributed by atoms with Crippen molar-refractivity contribution in [2.75, 3.05) is 19.6 Å². The van der Waals surface area contributed by atoms with Gasteiger partial charge in [-0.2, -0.15) is 0 Å². The highest BCUT2D eigenvalue weighted by molar-refractivity contribution is 7.89. The lowest BCUT2D eigenvalue weighted by molar-refractivity contribution is -0.133. The molecule has 1 fully saturated rings. The van der Waals surface area contributed by atoms with Crippen LogP contribution in [0, 0.1) is 5.41 Å². The number of carbonyl (C=O) groups excluding carboxylic acids is 1. The minimum Gasteiger partial charge on any atom is -0.372 e. The molecule has 3 rings (SSSR count). The summed E-state index contributed by atoms with van der Waals surface area (Å²) in [6.07, 6.45) is 0.719. The Hall–Kier alpha value is -1.19. The number of benzene rings is 1. The van der Waals surface area contributed by atoms with E-state index in [1.54, 1.807) is 23.1 Å². The number of piperidine rings is 1. The standard InChI is InChI=1S/C17H25N3O4S.ClH/c1-17(2)11-20(6-5-15(17)18)16(21)8-19-25(22,23)14-4-3-12-9-24-10-13(12)7-14;/h3-4,7,15,19H,5-6,8-11,18H2,1-2H3;1H. The Morgan fingerprint density at radius 1 is 1.35 bits per heavy atom. The highest BCUT2D eigenvalue weighted by Crippen LogP contribution is 2.27. The van der Waals surface area contributed by atoms with Crippen LogP contribution in [0.15, 0.2) is 23.1 Å². The number of nitrogens with two attached hydrogens (primary N) is 1. The minimum absolute atomic E-state index is 0. The van der Waals surface area contributed by atoms with Crippen molar-refractivity contribution in [1.82, 2.24) is 9.62 Å². The van der Waals surface area contributed by atoms with Gasteiger partial charge >= 0.3 is 0 Å². The van der Waals surface area contributed by atoms with E-state index in [9.17, 15) is 13.2 Å². The molecular formula is C17H26ClN3O4S. The van der Waals surface area contributed by atoms with Crippen molar-refractivity contribution in [3.63, 3.8) is 0 Å². The topological polar surface area (TPSA) is 102 Å². The van der Waals surface area contributed by atoms with Crippen LogP contribution in [0.4, 0.5) is 0 Å². The van der Waals surface area contributed by atoms with Crippen molar-refractivity contribution in [2.24, 2.45) is 11.1 Å². The zero-order chi connectivity index (χ0) is 18.2. The molecule has 1 aromatic carbocycles. The number of hydrogen-bond donors (Lipinski definition) is 2. The fourth-order valence-corrected chi connectivity index (χ4v) is 4.28. The molecule has 2 heterocycles. The number of nitrogens with one attached hydrogen (secondary N) is 1. The summed E-state index contributed by atoms with van der Waals surface area (Å²) in [4.78, 5) is 14.2. The molecule has 26 heavy (non-hydrogen) atoms. The first kappa shape index (κ1) is 21.1. The Labute approximate surface area is 160 Å². The summed E-state index contributed by atoms with van der Waals surface area (Å²) in [6.45, 7) is 5.81. The van der Waals surface area contributed by atoms with Crippen LogP contribution in [0.3, 0.4) is 0 Å². The molecule has 0 bridgehead atoms. The number of rotatable bonds is 4. The Morgan fingerprint density at radius 3 is 2.73 bits per heavy atom. The zero-order valence-electron chi connectivity index (χ0n) is 15.0. The van der Waals surface area contributed by atoms with E-state index in [0.717, 1.165) is 17.5 Å². The number of hydrogen-bond acceptors (Lipinski definition) is 5. The molecule has 1 amide bonds. The van der Waals surface area contributed by atoms with Crippen LogP contribution in [0.1, 0.15) is 31.4 Å². The van der Waals surface area contributed by atoms with E-state index < -0.39 is 10.0 Å². The predicted molar refractivity (Wildman–Crippen MR) is 100 cm³/mol. The molecule has 0 spiro atoms. The molecule has 0 radical (unpaired) electrons. The van der Waals surface area contributed by atoms with Crippen LogP contribution in [0.5, 0.6) is 0 Å². The van der Waals surface area contributed by atoms with E-state index in [1.165, 1.54) is 0 Å². The molecule has 2 aliphatic heterocycles. The van der Waals surface area contributed by atoms with Crippen LogP contribution < -0.4 is 10.5 Å². The van der Waals surface area contributed by atoms with Gasteiger partial charge in [0.05, 0.1) is 24.7 Å². The van der Waals surface area contributed by atoms with Gasteiger partial charge in [-0.3, -0.25) is 4.79 Å². The molecule has 2 aliphatic rings. The van der Waals surface area contributed by atoms with E-state index in [-0.39, 0.29) is 41.2 Å². The summed E-state index contributed by atoms with van der Waals surface area (Å²) in [7, 11) is -3.73. The average molecular weight is 404 g/mol. The first-order chi connectivity index (χ1) is 11.7. The number of fused-ring (bicyclic) bond motifs is 1. The highest BCUT2D eigenvalue weighted by Gasteiger charge is 2.35. The second-order valence-electron chi connectivity index (χ2n) is 7.45. The maximum atomic E-state index is 12.5. The largest absolute Gasteiger partial charge is 0.372 e. The quantitative estimate of drug-likeness (QED) is 0.780. The third kappa shape index (κ3) is 4.37. The van der Waals surface area contributed by atoms with Gasteiger partial charge in [0, 0.05) is 19.1 Å². The van der Waals surface area contributed by atoms with Gasteiger partial charge in [0.2, 0.25) is 15.9 Å². The molecule has 7 nitrogen and oxygen atoms in total. The summed E-state index contributed by atoms with van der Waals surface area (Å²) in [6, 6.07) is 4.95. The molecule has 1 atom stereocenters. The number of ether oxygens (including phenoxy) is 1. The number of halogens is 1. The van der Waals surface area contributed by atoms with Gasteiger partial charge in [0.25, 0.3) is 0 Å². The van der Waals surface area contributed by atoms with Gasteiger partial charge < -0.3 is 15.4 Å². The molecule has 0 saturated carbocycles. The van der Waals surface area contributed by atoms with E-state index in [4.69, 9.17) is 10.5 Å². The van der Waals surface area contributed by atoms with E-state index in [2.05, 4.69) is 4.72 Å². The Morgan fingerprint density at radius 2 is 2.04 bits per heavy atom. The second-order valence-corrected chi connectivity index (χ2v) is 9.21. The van der Waals surface area contributed by atoms with Gasteiger partial charge in [-0.1, -0.05) is 19.9 Å². The van der Waals surface area contributed by atoms with Crippen LogP contribution in [0.2, 0.25) is 0 Å². The van der Waals surface area contributed by atoms with Crippen molar-refractivity contribution in [3.8, 4) is 0 Å². The predicted octanol–water partition coefficient (Wildman–Crippen LogP) is 1.00. The van der Waals surface area contributed by atoms with Gasteiger partial charge in [-0.15, -0.1) is 12.4 Å². The highest BCUT2D eigenvalue weighted by atomic mass is 35.5. The summed E-state index contributed by atoms with van der Waals surface area (Å²) in [5.74, 6) is -0.229. The number of sulfonamides is 1. The number of likely N-dealkylation sites (tertiary alicyclic amines) is 1. The SMILES string of the molecule is CC1(C)CN(C(=O)CNS(=O)(=O)c2ccc3c(c2)COC3)CCC1N.Cl. The lowest BCUT2D eigenvalue weighted by Gasteiger charge is -2.42. The van der Waals surface area contributed by atoms with Crippen molar-refractivity contribution in [1.29, 1.82) is 0 Å². The van der Waals surface area contributed by atoms with E-state index >= 15 is 0 Å². The molecule has 1 unspecified atom stereocenters. The van der Waals surface area contributed by atoms with Crippen LogP contribution in [-0.2, 0) is 32.8 Å². The fourth-order valence-electron chi connectivity index (χ4n) is 3.25. The van der Waals surface area contributed by atoms with Gasteiger partial charge in [0.1, 0.15) is 0 Å². The third-order valence-corrected chi connectivity index (χ3v) is 6.48. The van der Waals surface area contributed by atoms with E-state index in [0.29, 0.717) is 26.3 Å². The summed E-state index contributed by atoms with van der Waals surface area (Å²) < 4.78 is 32.6. The van der Waals surface area contributed by atoms with Crippen molar-refractivity contribution in [2.45, 2.75) is 44.4 Å². The van der Waals surface area contributed by atoms with Crippen LogP contribution in [-0.4, -0.2) is 44.9 Å². The first-order valence-electron chi connectivity index (χ1n) is 8.42. The smallest absolute Gasteiger partial charge is 0.241 e. The Bertz CT molecular complexity index is 782.